The molecule has 4 heteroatoms. The number of hydrogen-bond acceptors (Lipinski definition) is 2. The first-order valence-electron chi connectivity index (χ1n) is 4.30. The van der Waals surface area contributed by atoms with Crippen molar-refractivity contribution < 1.29 is 4.39 Å². The molecule has 1 aromatic heterocycles. The first kappa shape index (κ1) is 10.5. The lowest BCUT2D eigenvalue weighted by Crippen LogP contribution is -1.83. The molecule has 2 rings (SSSR count). The molecule has 0 aliphatic rings. The Morgan fingerprint density at radius 2 is 1.93 bits per heavy atom. The van der Waals surface area contributed by atoms with Gasteiger partial charge in [0.05, 0.1) is 0 Å². The van der Waals surface area contributed by atoms with E-state index < -0.39 is 5.95 Å². The van der Waals surface area contributed by atoms with Crippen LogP contribution in [0.15, 0.2) is 52.4 Å². The molecule has 0 spiro atoms. The van der Waals surface area contributed by atoms with E-state index in [1.54, 1.807) is 18.2 Å². The van der Waals surface area contributed by atoms with Crippen molar-refractivity contribution in [2.24, 2.45) is 0 Å². The molecule has 0 fully saturated rings. The summed E-state index contributed by atoms with van der Waals surface area (Å²) in [6, 6.07) is 12.1. The number of nitrogens with zero attached hydrogens (tertiary/aromatic N) is 1. The highest BCUT2D eigenvalue weighted by atomic mass is 35.5. The van der Waals surface area contributed by atoms with Crippen molar-refractivity contribution in [3.63, 3.8) is 0 Å². The second-order valence-corrected chi connectivity index (χ2v) is 4.39. The van der Waals surface area contributed by atoms with Gasteiger partial charge in [-0.1, -0.05) is 35.5 Å². The zero-order chi connectivity index (χ0) is 10.7. The van der Waals surface area contributed by atoms with Crippen molar-refractivity contribution in [1.82, 2.24) is 4.98 Å². The van der Waals surface area contributed by atoms with Crippen LogP contribution in [0.25, 0.3) is 0 Å². The lowest BCUT2D eigenvalue weighted by Gasteiger charge is -2.00. The van der Waals surface area contributed by atoms with Gasteiger partial charge in [0.1, 0.15) is 5.03 Å². The van der Waals surface area contributed by atoms with E-state index in [-0.39, 0.29) is 0 Å². The van der Waals surface area contributed by atoms with E-state index in [2.05, 4.69) is 4.98 Å². The summed E-state index contributed by atoms with van der Waals surface area (Å²) in [5.41, 5.74) is 0. The molecule has 0 atom stereocenters. The van der Waals surface area contributed by atoms with Gasteiger partial charge in [0, 0.05) is 9.92 Å². The first-order valence-corrected chi connectivity index (χ1v) is 5.49. The number of pyridine rings is 1. The second kappa shape index (κ2) is 4.64. The molecule has 2 aromatic rings. The average molecular weight is 240 g/mol. The fourth-order valence-corrected chi connectivity index (χ4v) is 2.21. The Balaban J connectivity index is 2.22. The summed E-state index contributed by atoms with van der Waals surface area (Å²) in [6.07, 6.45) is 0. The summed E-state index contributed by atoms with van der Waals surface area (Å²) < 4.78 is 12.8. The highest BCUT2D eigenvalue weighted by Crippen LogP contribution is 2.27. The summed E-state index contributed by atoms with van der Waals surface area (Å²) in [6.45, 7) is 0. The zero-order valence-electron chi connectivity index (χ0n) is 7.65. The molecule has 0 radical (unpaired) electrons. The van der Waals surface area contributed by atoms with Crippen molar-refractivity contribution in [3.8, 4) is 0 Å². The molecule has 1 heterocycles. The van der Waals surface area contributed by atoms with E-state index in [0.717, 1.165) is 4.90 Å². The van der Waals surface area contributed by atoms with Crippen LogP contribution in [0.3, 0.4) is 0 Å². The Hall–Kier alpha value is -1.06. The van der Waals surface area contributed by atoms with Crippen LogP contribution in [0.4, 0.5) is 4.39 Å². The van der Waals surface area contributed by atoms with Crippen molar-refractivity contribution >= 4 is 23.4 Å². The van der Waals surface area contributed by atoms with Gasteiger partial charge in [-0.25, -0.2) is 4.98 Å². The number of benzene rings is 1. The van der Waals surface area contributed by atoms with Crippen LogP contribution in [-0.2, 0) is 0 Å². The Kier molecular flexibility index (Phi) is 3.23. The van der Waals surface area contributed by atoms with E-state index in [1.807, 2.05) is 18.2 Å². The summed E-state index contributed by atoms with van der Waals surface area (Å²) in [7, 11) is 0. The Morgan fingerprint density at radius 3 is 2.67 bits per heavy atom. The quantitative estimate of drug-likeness (QED) is 0.734. The molecule has 0 aliphatic carbocycles. The third-order valence-electron chi connectivity index (χ3n) is 1.71. The molecule has 0 aliphatic heterocycles. The number of aromatic nitrogens is 1. The maximum atomic E-state index is 12.8. The molecule has 0 unspecified atom stereocenters. The SMILES string of the molecule is Fc1cccc(Sc2cccc(Cl)c2)n1. The van der Waals surface area contributed by atoms with Gasteiger partial charge >= 0.3 is 0 Å². The van der Waals surface area contributed by atoms with Gasteiger partial charge in [0.25, 0.3) is 0 Å². The Labute approximate surface area is 96.3 Å². The van der Waals surface area contributed by atoms with Crippen LogP contribution in [0.1, 0.15) is 0 Å². The van der Waals surface area contributed by atoms with Crippen LogP contribution in [0.2, 0.25) is 5.02 Å². The van der Waals surface area contributed by atoms with E-state index in [9.17, 15) is 4.39 Å². The van der Waals surface area contributed by atoms with Crippen LogP contribution in [-0.4, -0.2) is 4.98 Å². The van der Waals surface area contributed by atoms with Crippen LogP contribution in [0.5, 0.6) is 0 Å². The smallest absolute Gasteiger partial charge is 0.213 e. The summed E-state index contributed by atoms with van der Waals surface area (Å²) >= 11 is 7.21. The zero-order valence-corrected chi connectivity index (χ0v) is 9.23. The molecule has 0 saturated heterocycles. The Bertz CT molecular complexity index is 432. The fourth-order valence-electron chi connectivity index (χ4n) is 1.10. The molecule has 0 saturated carbocycles. The fraction of sp³-hybridized carbons (Fsp3) is 0. The van der Waals surface area contributed by atoms with Gasteiger partial charge in [0.15, 0.2) is 0 Å². The van der Waals surface area contributed by atoms with Crippen LogP contribution >= 0.6 is 23.4 Å². The van der Waals surface area contributed by atoms with E-state index in [4.69, 9.17) is 11.6 Å². The summed E-state index contributed by atoms with van der Waals surface area (Å²) in [5, 5.41) is 1.29. The lowest BCUT2D eigenvalue weighted by molar-refractivity contribution is 0.572. The Morgan fingerprint density at radius 1 is 1.13 bits per heavy atom. The van der Waals surface area contributed by atoms with Crippen molar-refractivity contribution in [2.75, 3.05) is 0 Å². The summed E-state index contributed by atoms with van der Waals surface area (Å²) in [4.78, 5) is 4.70. The topological polar surface area (TPSA) is 12.9 Å². The molecular formula is C11H7ClFNS. The average Bonchev–Trinajstić information content (AvgIpc) is 2.17. The highest BCUT2D eigenvalue weighted by Gasteiger charge is 2.00. The maximum Gasteiger partial charge on any atom is 0.213 e. The summed E-state index contributed by atoms with van der Waals surface area (Å²) in [5.74, 6) is -0.470. The lowest BCUT2D eigenvalue weighted by atomic mass is 10.4. The maximum absolute atomic E-state index is 12.8. The van der Waals surface area contributed by atoms with Crippen LogP contribution < -0.4 is 0 Å². The third-order valence-corrected chi connectivity index (χ3v) is 2.87. The van der Waals surface area contributed by atoms with E-state index >= 15 is 0 Å². The molecule has 15 heavy (non-hydrogen) atoms. The van der Waals surface area contributed by atoms with Gasteiger partial charge in [0.2, 0.25) is 5.95 Å². The molecule has 1 aromatic carbocycles. The third kappa shape index (κ3) is 2.94. The van der Waals surface area contributed by atoms with Crippen molar-refractivity contribution in [1.29, 1.82) is 0 Å². The predicted molar refractivity (Wildman–Crippen MR) is 59.8 cm³/mol. The standard InChI is InChI=1S/C11H7ClFNS/c12-8-3-1-4-9(7-8)15-11-6-2-5-10(13)14-11/h1-7H. The minimum absolute atomic E-state index is 0.470. The second-order valence-electron chi connectivity index (χ2n) is 2.86. The minimum atomic E-state index is -0.470. The molecule has 76 valence electrons. The highest BCUT2D eigenvalue weighted by molar-refractivity contribution is 7.99. The number of rotatable bonds is 2. The monoisotopic (exact) mass is 239 g/mol. The van der Waals surface area contributed by atoms with E-state index in [0.29, 0.717) is 10.0 Å². The molecule has 0 N–H and O–H groups in total. The largest absolute Gasteiger partial charge is 0.213 e. The van der Waals surface area contributed by atoms with Gasteiger partial charge in [-0.3, -0.25) is 0 Å². The number of hydrogen-bond donors (Lipinski definition) is 0. The molecular weight excluding hydrogens is 233 g/mol. The van der Waals surface area contributed by atoms with Gasteiger partial charge in [-0.05, 0) is 30.3 Å². The van der Waals surface area contributed by atoms with Gasteiger partial charge < -0.3 is 0 Å². The first-order chi connectivity index (χ1) is 7.24. The predicted octanol–water partition coefficient (Wildman–Crippen LogP) is 4.03. The van der Waals surface area contributed by atoms with E-state index in [1.165, 1.54) is 17.8 Å². The molecule has 1 nitrogen and oxygen atoms in total. The molecule has 0 amide bonds. The van der Waals surface area contributed by atoms with Crippen molar-refractivity contribution in [2.45, 2.75) is 9.92 Å². The number of halogens is 2. The normalized spacial score (nSPS) is 10.3. The van der Waals surface area contributed by atoms with Crippen molar-refractivity contribution in [3.05, 3.63) is 53.4 Å². The van der Waals surface area contributed by atoms with Gasteiger partial charge in [-0.2, -0.15) is 4.39 Å². The van der Waals surface area contributed by atoms with Gasteiger partial charge in [-0.15, -0.1) is 0 Å². The van der Waals surface area contributed by atoms with Crippen LogP contribution in [0, 0.1) is 5.95 Å². The minimum Gasteiger partial charge on any atom is -0.213 e. The molecule has 0 bridgehead atoms.